The maximum Gasteiger partial charge on any atom is 0.232 e. The highest BCUT2D eigenvalue weighted by Crippen LogP contribution is 2.32. The predicted octanol–water partition coefficient (Wildman–Crippen LogP) is 4.68. The number of benzene rings is 1. The van der Waals surface area contributed by atoms with Crippen LogP contribution in [0.15, 0.2) is 47.9 Å². The Morgan fingerprint density at radius 1 is 1.00 bits per heavy atom. The van der Waals surface area contributed by atoms with Crippen LogP contribution in [0.5, 0.6) is 0 Å². The van der Waals surface area contributed by atoms with Crippen LogP contribution in [-0.4, -0.2) is 43.4 Å². The molecule has 3 heterocycles. The lowest BCUT2D eigenvalue weighted by Gasteiger charge is -2.19. The Balaban J connectivity index is 1.41. The summed E-state index contributed by atoms with van der Waals surface area (Å²) in [5.74, 6) is 1.92. The second kappa shape index (κ2) is 9.47. The van der Waals surface area contributed by atoms with Gasteiger partial charge in [0.1, 0.15) is 0 Å². The van der Waals surface area contributed by atoms with Crippen LogP contribution in [0.1, 0.15) is 32.1 Å². The molecule has 0 atom stereocenters. The van der Waals surface area contributed by atoms with Crippen LogP contribution in [0, 0.1) is 0 Å². The highest BCUT2D eigenvalue weighted by Gasteiger charge is 2.23. The molecule has 2 aromatic heterocycles. The summed E-state index contributed by atoms with van der Waals surface area (Å²) in [5, 5.41) is 14.9. The van der Waals surface area contributed by atoms with Crippen LogP contribution >= 0.6 is 23.4 Å². The zero-order valence-electron chi connectivity index (χ0n) is 15.9. The molecule has 0 spiro atoms. The molecule has 0 amide bonds. The van der Waals surface area contributed by atoms with E-state index in [4.69, 9.17) is 11.6 Å². The lowest BCUT2D eigenvalue weighted by atomic mass is 10.2. The van der Waals surface area contributed by atoms with Crippen LogP contribution in [0.2, 0.25) is 5.02 Å². The minimum Gasteiger partial charge on any atom is -0.341 e. The Morgan fingerprint density at radius 3 is 2.64 bits per heavy atom. The molecular formula is C20H25ClN6S. The molecule has 6 nitrogen and oxygen atoms in total. The molecule has 28 heavy (non-hydrogen) atoms. The molecule has 0 unspecified atom stereocenters. The Hall–Kier alpha value is -1.99. The molecule has 1 aliphatic heterocycles. The van der Waals surface area contributed by atoms with Crippen molar-refractivity contribution in [2.24, 2.45) is 0 Å². The standard InChI is InChI=1S/C20H25ClN6S/c21-17-9-2-3-10-18(17)27-19(25-12-5-6-13-25)23-24-20(27)28-16-7-1-4-14-26-15-8-11-22-26/h2-3,8-11,15H,1,4-7,12-14,16H2. The Bertz CT molecular complexity index is 873. The second-order valence-corrected chi connectivity index (χ2v) is 8.41. The second-order valence-electron chi connectivity index (χ2n) is 6.94. The van der Waals surface area contributed by atoms with Crippen molar-refractivity contribution in [3.63, 3.8) is 0 Å². The summed E-state index contributed by atoms with van der Waals surface area (Å²) in [6.45, 7) is 3.04. The highest BCUT2D eigenvalue weighted by atomic mass is 35.5. The summed E-state index contributed by atoms with van der Waals surface area (Å²) in [6.07, 6.45) is 9.70. The summed E-state index contributed by atoms with van der Waals surface area (Å²) in [7, 11) is 0. The molecule has 148 valence electrons. The SMILES string of the molecule is Clc1ccccc1-n1c(SCCCCCn2cccn2)nnc1N1CCCC1. The van der Waals surface area contributed by atoms with Gasteiger partial charge in [-0.05, 0) is 43.9 Å². The molecular weight excluding hydrogens is 392 g/mol. The predicted molar refractivity (Wildman–Crippen MR) is 115 cm³/mol. The zero-order valence-corrected chi connectivity index (χ0v) is 17.4. The average molecular weight is 417 g/mol. The number of para-hydroxylation sites is 1. The van der Waals surface area contributed by atoms with Crippen molar-refractivity contribution in [1.29, 1.82) is 0 Å². The number of nitrogens with zero attached hydrogens (tertiary/aromatic N) is 6. The van der Waals surface area contributed by atoms with E-state index in [0.717, 1.165) is 60.0 Å². The topological polar surface area (TPSA) is 51.8 Å². The van der Waals surface area contributed by atoms with Crippen molar-refractivity contribution in [3.8, 4) is 5.69 Å². The Morgan fingerprint density at radius 2 is 1.86 bits per heavy atom. The molecule has 1 aromatic carbocycles. The van der Waals surface area contributed by atoms with Gasteiger partial charge in [-0.15, -0.1) is 10.2 Å². The number of anilines is 1. The van der Waals surface area contributed by atoms with Crippen LogP contribution in [0.4, 0.5) is 5.95 Å². The van der Waals surface area contributed by atoms with E-state index in [1.807, 2.05) is 47.4 Å². The average Bonchev–Trinajstić information content (AvgIpc) is 3.46. The molecule has 0 saturated carbocycles. The third-order valence-electron chi connectivity index (χ3n) is 4.92. The summed E-state index contributed by atoms with van der Waals surface area (Å²) >= 11 is 8.27. The lowest BCUT2D eigenvalue weighted by Crippen LogP contribution is -2.22. The Kier molecular flexibility index (Phi) is 6.54. The number of hydrogen-bond donors (Lipinski definition) is 0. The number of unbranched alkanes of at least 4 members (excludes halogenated alkanes) is 2. The van der Waals surface area contributed by atoms with Crippen molar-refractivity contribution in [2.45, 2.75) is 43.8 Å². The monoisotopic (exact) mass is 416 g/mol. The third kappa shape index (κ3) is 4.52. The van der Waals surface area contributed by atoms with Gasteiger partial charge in [0.15, 0.2) is 5.16 Å². The first-order valence-corrected chi connectivity index (χ1v) is 11.2. The van der Waals surface area contributed by atoms with E-state index in [9.17, 15) is 0 Å². The van der Waals surface area contributed by atoms with E-state index in [0.29, 0.717) is 0 Å². The number of aryl methyl sites for hydroxylation is 1. The molecule has 4 rings (SSSR count). The molecule has 0 bridgehead atoms. The van der Waals surface area contributed by atoms with Crippen molar-refractivity contribution >= 4 is 29.3 Å². The largest absolute Gasteiger partial charge is 0.341 e. The van der Waals surface area contributed by atoms with E-state index in [-0.39, 0.29) is 0 Å². The summed E-state index contributed by atoms with van der Waals surface area (Å²) in [6, 6.07) is 9.90. The quantitative estimate of drug-likeness (QED) is 0.374. The van der Waals surface area contributed by atoms with Gasteiger partial charge in [0.25, 0.3) is 0 Å². The number of aromatic nitrogens is 5. The Labute approximate surface area is 174 Å². The summed E-state index contributed by atoms with van der Waals surface area (Å²) in [4.78, 5) is 2.31. The van der Waals surface area contributed by atoms with Gasteiger partial charge in [0.05, 0.1) is 10.7 Å². The molecule has 3 aromatic rings. The van der Waals surface area contributed by atoms with Crippen LogP contribution < -0.4 is 4.90 Å². The van der Waals surface area contributed by atoms with Gasteiger partial charge in [-0.3, -0.25) is 9.25 Å². The minimum absolute atomic E-state index is 0.726. The molecule has 1 fully saturated rings. The molecule has 1 saturated heterocycles. The molecule has 0 N–H and O–H groups in total. The molecule has 1 aliphatic rings. The van der Waals surface area contributed by atoms with Gasteiger partial charge < -0.3 is 4.90 Å². The van der Waals surface area contributed by atoms with E-state index in [1.54, 1.807) is 11.8 Å². The third-order valence-corrected chi connectivity index (χ3v) is 6.26. The number of hydrogen-bond acceptors (Lipinski definition) is 5. The number of thioether (sulfide) groups is 1. The molecule has 0 aliphatic carbocycles. The van der Waals surface area contributed by atoms with E-state index < -0.39 is 0 Å². The van der Waals surface area contributed by atoms with E-state index in [2.05, 4.69) is 24.8 Å². The van der Waals surface area contributed by atoms with Gasteiger partial charge in [0.2, 0.25) is 5.95 Å². The first-order valence-electron chi connectivity index (χ1n) is 9.88. The maximum atomic E-state index is 6.51. The van der Waals surface area contributed by atoms with E-state index >= 15 is 0 Å². The van der Waals surface area contributed by atoms with Gasteiger partial charge in [-0.25, -0.2) is 0 Å². The highest BCUT2D eigenvalue weighted by molar-refractivity contribution is 7.99. The normalized spacial score (nSPS) is 14.1. The van der Waals surface area contributed by atoms with Crippen molar-refractivity contribution < 1.29 is 0 Å². The van der Waals surface area contributed by atoms with Gasteiger partial charge in [-0.1, -0.05) is 41.9 Å². The van der Waals surface area contributed by atoms with Gasteiger partial charge in [-0.2, -0.15) is 5.10 Å². The minimum atomic E-state index is 0.726. The fourth-order valence-electron chi connectivity index (χ4n) is 3.47. The van der Waals surface area contributed by atoms with Crippen molar-refractivity contribution in [2.75, 3.05) is 23.7 Å². The van der Waals surface area contributed by atoms with Gasteiger partial charge >= 0.3 is 0 Å². The van der Waals surface area contributed by atoms with Crippen LogP contribution in [-0.2, 0) is 6.54 Å². The van der Waals surface area contributed by atoms with E-state index in [1.165, 1.54) is 19.3 Å². The fraction of sp³-hybridized carbons (Fsp3) is 0.450. The molecule has 0 radical (unpaired) electrons. The van der Waals surface area contributed by atoms with Crippen LogP contribution in [0.3, 0.4) is 0 Å². The lowest BCUT2D eigenvalue weighted by molar-refractivity contribution is 0.554. The van der Waals surface area contributed by atoms with Crippen molar-refractivity contribution in [3.05, 3.63) is 47.7 Å². The summed E-state index contributed by atoms with van der Waals surface area (Å²) in [5.41, 5.74) is 0.956. The molecule has 8 heteroatoms. The first-order chi connectivity index (χ1) is 13.8. The summed E-state index contributed by atoms with van der Waals surface area (Å²) < 4.78 is 4.12. The maximum absolute atomic E-state index is 6.51. The number of halogens is 1. The smallest absolute Gasteiger partial charge is 0.232 e. The fourth-order valence-corrected chi connectivity index (χ4v) is 4.63. The van der Waals surface area contributed by atoms with Crippen LogP contribution in [0.25, 0.3) is 5.69 Å². The number of rotatable bonds is 9. The first kappa shape index (κ1) is 19.3. The van der Waals surface area contributed by atoms with Gasteiger partial charge in [0, 0.05) is 37.8 Å². The van der Waals surface area contributed by atoms with Crippen molar-refractivity contribution in [1.82, 2.24) is 24.5 Å². The zero-order chi connectivity index (χ0) is 19.2.